The summed E-state index contributed by atoms with van der Waals surface area (Å²) in [6, 6.07) is 8.14. The normalized spacial score (nSPS) is 10.0. The zero-order valence-electron chi connectivity index (χ0n) is 11.7. The highest BCUT2D eigenvalue weighted by molar-refractivity contribution is 6.08. The third kappa shape index (κ3) is 3.17. The summed E-state index contributed by atoms with van der Waals surface area (Å²) in [7, 11) is 1.28. The number of esters is 1. The number of benzene rings is 1. The molecular formula is C15H15N3O3. The first-order chi connectivity index (χ1) is 10.0. The number of nitrogen functional groups attached to an aromatic ring is 1. The topological polar surface area (TPSA) is 94.3 Å². The van der Waals surface area contributed by atoms with Crippen LogP contribution in [0.3, 0.4) is 0 Å². The van der Waals surface area contributed by atoms with E-state index >= 15 is 0 Å². The van der Waals surface area contributed by atoms with Gasteiger partial charge in [-0.05, 0) is 25.1 Å². The molecule has 6 heteroatoms. The predicted octanol–water partition coefficient (Wildman–Crippen LogP) is 2.01. The fourth-order valence-corrected chi connectivity index (χ4v) is 1.85. The van der Waals surface area contributed by atoms with E-state index in [1.807, 2.05) is 0 Å². The molecule has 1 heterocycles. The van der Waals surface area contributed by atoms with Crippen LogP contribution < -0.4 is 11.1 Å². The Hall–Kier alpha value is -2.89. The van der Waals surface area contributed by atoms with Crippen LogP contribution in [-0.2, 0) is 4.74 Å². The molecule has 2 aromatic rings. The van der Waals surface area contributed by atoms with Crippen molar-refractivity contribution in [3.63, 3.8) is 0 Å². The number of nitrogens with two attached hydrogens (primary N) is 1. The number of nitrogens with zero attached hydrogens (tertiary/aromatic N) is 1. The molecular weight excluding hydrogens is 270 g/mol. The van der Waals surface area contributed by atoms with Crippen molar-refractivity contribution in [2.75, 3.05) is 18.2 Å². The molecule has 0 saturated carbocycles. The number of anilines is 2. The van der Waals surface area contributed by atoms with Crippen LogP contribution in [0.5, 0.6) is 0 Å². The van der Waals surface area contributed by atoms with E-state index in [1.165, 1.54) is 13.3 Å². The summed E-state index contributed by atoms with van der Waals surface area (Å²) in [5, 5.41) is 2.67. The van der Waals surface area contributed by atoms with E-state index in [9.17, 15) is 9.59 Å². The second kappa shape index (κ2) is 6.04. The number of pyridine rings is 1. The number of methoxy groups -OCH3 is 1. The van der Waals surface area contributed by atoms with Crippen LogP contribution in [0.25, 0.3) is 0 Å². The standard InChI is InChI=1S/C15H15N3O3/c1-9-12(7-10(16)8-17-9)14(19)18-13-6-4-3-5-11(13)15(20)21-2/h3-8H,16H2,1-2H3,(H,18,19). The van der Waals surface area contributed by atoms with Gasteiger partial charge in [0.05, 0.1) is 41.5 Å². The van der Waals surface area contributed by atoms with E-state index in [2.05, 4.69) is 15.0 Å². The second-order valence-electron chi connectivity index (χ2n) is 4.39. The fourth-order valence-electron chi connectivity index (χ4n) is 1.85. The zero-order valence-corrected chi connectivity index (χ0v) is 11.7. The van der Waals surface area contributed by atoms with E-state index in [-0.39, 0.29) is 11.5 Å². The molecule has 0 spiro atoms. The monoisotopic (exact) mass is 285 g/mol. The molecule has 0 aliphatic rings. The van der Waals surface area contributed by atoms with Gasteiger partial charge in [0.25, 0.3) is 5.91 Å². The average Bonchev–Trinajstić information content (AvgIpc) is 2.49. The van der Waals surface area contributed by atoms with Gasteiger partial charge in [0.15, 0.2) is 0 Å². The second-order valence-corrected chi connectivity index (χ2v) is 4.39. The smallest absolute Gasteiger partial charge is 0.339 e. The summed E-state index contributed by atoms with van der Waals surface area (Å²) < 4.78 is 4.68. The van der Waals surface area contributed by atoms with E-state index in [0.717, 1.165) is 0 Å². The van der Waals surface area contributed by atoms with Crippen molar-refractivity contribution >= 4 is 23.3 Å². The van der Waals surface area contributed by atoms with Gasteiger partial charge in [-0.15, -0.1) is 0 Å². The Labute approximate surface area is 121 Å². The van der Waals surface area contributed by atoms with Crippen molar-refractivity contribution < 1.29 is 14.3 Å². The molecule has 0 radical (unpaired) electrons. The van der Waals surface area contributed by atoms with Crippen LogP contribution in [-0.4, -0.2) is 24.0 Å². The molecule has 1 aromatic heterocycles. The Bertz CT molecular complexity index is 698. The molecule has 0 aliphatic carbocycles. The predicted molar refractivity (Wildman–Crippen MR) is 79.1 cm³/mol. The van der Waals surface area contributed by atoms with Crippen molar-refractivity contribution in [2.45, 2.75) is 6.92 Å². The number of hydrogen-bond acceptors (Lipinski definition) is 5. The number of rotatable bonds is 3. The Morgan fingerprint density at radius 3 is 2.67 bits per heavy atom. The SMILES string of the molecule is COC(=O)c1ccccc1NC(=O)c1cc(N)cnc1C. The maximum Gasteiger partial charge on any atom is 0.339 e. The first-order valence-corrected chi connectivity index (χ1v) is 6.23. The van der Waals surface area contributed by atoms with Crippen molar-refractivity contribution in [2.24, 2.45) is 0 Å². The van der Waals surface area contributed by atoms with Crippen LogP contribution in [0.1, 0.15) is 26.4 Å². The van der Waals surface area contributed by atoms with Crippen molar-refractivity contribution in [3.8, 4) is 0 Å². The Morgan fingerprint density at radius 1 is 1.24 bits per heavy atom. The lowest BCUT2D eigenvalue weighted by atomic mass is 10.1. The van der Waals surface area contributed by atoms with Gasteiger partial charge in [-0.2, -0.15) is 0 Å². The van der Waals surface area contributed by atoms with E-state index in [1.54, 1.807) is 37.3 Å². The van der Waals surface area contributed by atoms with Gasteiger partial charge in [-0.3, -0.25) is 9.78 Å². The number of aryl methyl sites for hydroxylation is 1. The molecule has 1 amide bonds. The first kappa shape index (κ1) is 14.5. The lowest BCUT2D eigenvalue weighted by molar-refractivity contribution is 0.0602. The highest BCUT2D eigenvalue weighted by Crippen LogP contribution is 2.18. The molecule has 0 bridgehead atoms. The molecule has 0 saturated heterocycles. The molecule has 2 rings (SSSR count). The summed E-state index contributed by atoms with van der Waals surface area (Å²) in [5.41, 5.74) is 7.60. The van der Waals surface area contributed by atoms with E-state index < -0.39 is 5.97 Å². The molecule has 0 aliphatic heterocycles. The number of aromatic nitrogens is 1. The van der Waals surface area contributed by atoms with Gasteiger partial charge in [0, 0.05) is 0 Å². The van der Waals surface area contributed by atoms with Gasteiger partial charge in [0.2, 0.25) is 0 Å². The third-order valence-corrected chi connectivity index (χ3v) is 2.93. The molecule has 0 unspecified atom stereocenters. The number of carbonyl (C=O) groups excluding carboxylic acids is 2. The summed E-state index contributed by atoms with van der Waals surface area (Å²) in [4.78, 5) is 28.0. The number of hydrogen-bond donors (Lipinski definition) is 2. The highest BCUT2D eigenvalue weighted by Gasteiger charge is 2.16. The largest absolute Gasteiger partial charge is 0.465 e. The van der Waals surface area contributed by atoms with Crippen LogP contribution >= 0.6 is 0 Å². The minimum atomic E-state index is -0.520. The summed E-state index contributed by atoms with van der Waals surface area (Å²) >= 11 is 0. The maximum absolute atomic E-state index is 12.3. The summed E-state index contributed by atoms with van der Waals surface area (Å²) in [5.74, 6) is -0.906. The molecule has 6 nitrogen and oxygen atoms in total. The van der Waals surface area contributed by atoms with Crippen molar-refractivity contribution in [1.29, 1.82) is 0 Å². The number of nitrogens with one attached hydrogen (secondary N) is 1. The van der Waals surface area contributed by atoms with Crippen LogP contribution in [0, 0.1) is 6.92 Å². The van der Waals surface area contributed by atoms with Crippen LogP contribution in [0.4, 0.5) is 11.4 Å². The Balaban J connectivity index is 2.32. The highest BCUT2D eigenvalue weighted by atomic mass is 16.5. The molecule has 0 atom stereocenters. The molecule has 21 heavy (non-hydrogen) atoms. The van der Waals surface area contributed by atoms with Gasteiger partial charge in [0.1, 0.15) is 0 Å². The van der Waals surface area contributed by atoms with E-state index in [0.29, 0.717) is 22.6 Å². The quantitative estimate of drug-likeness (QED) is 0.841. The zero-order chi connectivity index (χ0) is 15.4. The van der Waals surface area contributed by atoms with Crippen molar-refractivity contribution in [3.05, 3.63) is 53.3 Å². The Kier molecular flexibility index (Phi) is 4.18. The van der Waals surface area contributed by atoms with E-state index in [4.69, 9.17) is 5.73 Å². The van der Waals surface area contributed by atoms with Gasteiger partial charge < -0.3 is 15.8 Å². The maximum atomic E-state index is 12.3. The van der Waals surface area contributed by atoms with Gasteiger partial charge in [-0.1, -0.05) is 12.1 Å². The molecule has 0 fully saturated rings. The summed E-state index contributed by atoms with van der Waals surface area (Å²) in [6.07, 6.45) is 1.48. The fraction of sp³-hybridized carbons (Fsp3) is 0.133. The van der Waals surface area contributed by atoms with Crippen LogP contribution in [0.15, 0.2) is 36.5 Å². The minimum Gasteiger partial charge on any atom is -0.465 e. The minimum absolute atomic E-state index is 0.280. The molecule has 3 N–H and O–H groups in total. The first-order valence-electron chi connectivity index (χ1n) is 6.23. The number of ether oxygens (including phenoxy) is 1. The van der Waals surface area contributed by atoms with Crippen molar-refractivity contribution in [1.82, 2.24) is 4.98 Å². The van der Waals surface area contributed by atoms with Crippen LogP contribution in [0.2, 0.25) is 0 Å². The lowest BCUT2D eigenvalue weighted by Crippen LogP contribution is -2.17. The Morgan fingerprint density at radius 2 is 1.95 bits per heavy atom. The van der Waals surface area contributed by atoms with Gasteiger partial charge >= 0.3 is 5.97 Å². The molecule has 1 aromatic carbocycles. The number of para-hydroxylation sites is 1. The number of carbonyl (C=O) groups is 2. The lowest BCUT2D eigenvalue weighted by Gasteiger charge is -2.11. The average molecular weight is 285 g/mol. The molecule has 108 valence electrons. The third-order valence-electron chi connectivity index (χ3n) is 2.93. The summed E-state index contributed by atoms with van der Waals surface area (Å²) in [6.45, 7) is 1.71. The van der Waals surface area contributed by atoms with Gasteiger partial charge in [-0.25, -0.2) is 4.79 Å². The number of amides is 1.